The fourth-order valence-corrected chi connectivity index (χ4v) is 4.09. The van der Waals surface area contributed by atoms with E-state index >= 15 is 0 Å². The summed E-state index contributed by atoms with van der Waals surface area (Å²) in [7, 11) is 1.33. The number of carbonyl (C=O) groups excluding carboxylic acids is 1. The predicted octanol–water partition coefficient (Wildman–Crippen LogP) is 3.32. The number of rotatable bonds is 6. The normalized spacial score (nSPS) is 13.8. The first-order chi connectivity index (χ1) is 15.6. The van der Waals surface area contributed by atoms with Crippen molar-refractivity contribution in [1.29, 1.82) is 0 Å². The highest BCUT2D eigenvalue weighted by molar-refractivity contribution is 6.31. The van der Waals surface area contributed by atoms with Gasteiger partial charge in [0.25, 0.3) is 5.56 Å². The van der Waals surface area contributed by atoms with Gasteiger partial charge in [-0.15, -0.1) is 0 Å². The van der Waals surface area contributed by atoms with Gasteiger partial charge in [-0.05, 0) is 17.7 Å². The lowest BCUT2D eigenvalue weighted by atomic mass is 10.1. The van der Waals surface area contributed by atoms with E-state index in [1.807, 2.05) is 30.3 Å². The van der Waals surface area contributed by atoms with Crippen molar-refractivity contribution in [3.05, 3.63) is 92.6 Å². The minimum atomic E-state index is -0.519. The number of fused-ring (bicyclic) bond motifs is 1. The van der Waals surface area contributed by atoms with Gasteiger partial charge in [-0.2, -0.15) is 0 Å². The van der Waals surface area contributed by atoms with Gasteiger partial charge in [-0.3, -0.25) is 14.7 Å². The molecule has 2 aromatic heterocycles. The number of hydrogen-bond acceptors (Lipinski definition) is 6. The zero-order valence-electron chi connectivity index (χ0n) is 17.8. The van der Waals surface area contributed by atoms with E-state index in [2.05, 4.69) is 9.88 Å². The number of halogens is 1. The first-order valence-electron chi connectivity index (χ1n) is 10.4. The third kappa shape index (κ3) is 4.84. The molecule has 0 bridgehead atoms. The predicted molar refractivity (Wildman–Crippen MR) is 121 cm³/mol. The maximum Gasteiger partial charge on any atom is 0.343 e. The van der Waals surface area contributed by atoms with Crippen LogP contribution >= 0.6 is 11.6 Å². The molecule has 0 saturated heterocycles. The molecular formula is C24H24ClN3O4. The Morgan fingerprint density at radius 1 is 1.16 bits per heavy atom. The third-order valence-electron chi connectivity index (χ3n) is 5.54. The molecule has 0 amide bonds. The highest BCUT2D eigenvalue weighted by Crippen LogP contribution is 2.26. The molecule has 0 atom stereocenters. The number of ether oxygens (including phenoxy) is 2. The number of benzene rings is 1. The van der Waals surface area contributed by atoms with Crippen molar-refractivity contribution in [2.24, 2.45) is 0 Å². The zero-order chi connectivity index (χ0) is 22.5. The molecule has 32 heavy (non-hydrogen) atoms. The fraction of sp³-hybridized carbons (Fsp3) is 0.292. The molecule has 1 aliphatic rings. The van der Waals surface area contributed by atoms with Crippen LogP contribution in [0.4, 0.5) is 0 Å². The Bertz CT molecular complexity index is 1160. The molecule has 8 heteroatoms. The summed E-state index contributed by atoms with van der Waals surface area (Å²) in [6.07, 6.45) is 3.86. The van der Waals surface area contributed by atoms with E-state index in [1.54, 1.807) is 23.0 Å². The third-order valence-corrected chi connectivity index (χ3v) is 5.91. The lowest BCUT2D eigenvalue weighted by molar-refractivity contribution is 0.0592. The summed E-state index contributed by atoms with van der Waals surface area (Å²) in [6, 6.07) is 12.8. The molecule has 0 fully saturated rings. The van der Waals surface area contributed by atoms with Crippen molar-refractivity contribution >= 4 is 17.6 Å². The van der Waals surface area contributed by atoms with Crippen LogP contribution in [0.2, 0.25) is 5.02 Å². The largest absolute Gasteiger partial charge is 0.488 e. The van der Waals surface area contributed by atoms with Crippen LogP contribution in [0, 0.1) is 0 Å². The number of methoxy groups -OCH3 is 1. The minimum Gasteiger partial charge on any atom is -0.488 e. The van der Waals surface area contributed by atoms with Crippen LogP contribution < -0.4 is 10.3 Å². The molecule has 4 rings (SSSR count). The lowest BCUT2D eigenvalue weighted by Gasteiger charge is -2.20. The van der Waals surface area contributed by atoms with Crippen molar-refractivity contribution in [3.63, 3.8) is 0 Å². The summed E-state index contributed by atoms with van der Waals surface area (Å²) >= 11 is 6.33. The van der Waals surface area contributed by atoms with E-state index in [-0.39, 0.29) is 17.9 Å². The second-order valence-corrected chi connectivity index (χ2v) is 7.99. The second kappa shape index (κ2) is 9.97. The first kappa shape index (κ1) is 22.0. The van der Waals surface area contributed by atoms with E-state index in [1.165, 1.54) is 13.2 Å². The van der Waals surface area contributed by atoms with Crippen LogP contribution in [0.3, 0.4) is 0 Å². The van der Waals surface area contributed by atoms with Crippen molar-refractivity contribution in [3.8, 4) is 5.75 Å². The summed E-state index contributed by atoms with van der Waals surface area (Å²) < 4.78 is 12.6. The van der Waals surface area contributed by atoms with Gasteiger partial charge in [0, 0.05) is 67.3 Å². The Morgan fingerprint density at radius 3 is 2.75 bits per heavy atom. The molecule has 0 N–H and O–H groups in total. The van der Waals surface area contributed by atoms with Gasteiger partial charge in [-0.25, -0.2) is 4.79 Å². The van der Waals surface area contributed by atoms with Gasteiger partial charge in [0.1, 0.15) is 17.9 Å². The van der Waals surface area contributed by atoms with Crippen LogP contribution in [0.25, 0.3) is 0 Å². The molecule has 3 heterocycles. The SMILES string of the molecule is COC(=O)c1c(OCc2cccnc2)cc(=O)n2c1CCN(Cc1ccccc1Cl)CC2. The Kier molecular flexibility index (Phi) is 6.87. The van der Waals surface area contributed by atoms with Gasteiger partial charge in [0.2, 0.25) is 0 Å². The summed E-state index contributed by atoms with van der Waals surface area (Å²) in [6.45, 7) is 2.65. The summed E-state index contributed by atoms with van der Waals surface area (Å²) in [5, 5.41) is 0.716. The summed E-state index contributed by atoms with van der Waals surface area (Å²) in [5.74, 6) is -0.286. The van der Waals surface area contributed by atoms with Crippen LogP contribution in [-0.4, -0.2) is 40.6 Å². The molecule has 0 saturated carbocycles. The molecule has 0 aliphatic carbocycles. The molecule has 1 aromatic carbocycles. The first-order valence-corrected chi connectivity index (χ1v) is 10.8. The topological polar surface area (TPSA) is 73.7 Å². The van der Waals surface area contributed by atoms with Gasteiger partial charge < -0.3 is 14.0 Å². The summed E-state index contributed by atoms with van der Waals surface area (Å²) in [4.78, 5) is 31.9. The number of aromatic nitrogens is 2. The second-order valence-electron chi connectivity index (χ2n) is 7.58. The maximum absolute atomic E-state index is 12.9. The average molecular weight is 454 g/mol. The van der Waals surface area contributed by atoms with Gasteiger partial charge in [0.15, 0.2) is 0 Å². The Balaban J connectivity index is 1.62. The molecule has 166 valence electrons. The lowest BCUT2D eigenvalue weighted by Crippen LogP contribution is -2.29. The number of hydrogen-bond donors (Lipinski definition) is 0. The Morgan fingerprint density at radius 2 is 2.00 bits per heavy atom. The van der Waals surface area contributed by atoms with Crippen LogP contribution in [-0.2, 0) is 30.9 Å². The zero-order valence-corrected chi connectivity index (χ0v) is 18.5. The molecule has 3 aromatic rings. The number of carbonyl (C=O) groups is 1. The van der Waals surface area contributed by atoms with Crippen molar-refractivity contribution in [1.82, 2.24) is 14.5 Å². The standard InChI is InChI=1S/C24H24ClN3O4/c1-31-24(30)23-20-8-10-27(15-18-6-2-3-7-19(18)25)11-12-28(20)22(29)13-21(23)32-16-17-5-4-9-26-14-17/h2-7,9,13-14H,8,10-12,15-16H2,1H3. The molecular weight excluding hydrogens is 430 g/mol. The smallest absolute Gasteiger partial charge is 0.343 e. The van der Waals surface area contributed by atoms with Crippen molar-refractivity contribution in [2.75, 3.05) is 20.2 Å². The molecule has 1 aliphatic heterocycles. The molecule has 0 spiro atoms. The van der Waals surface area contributed by atoms with Crippen LogP contribution in [0.1, 0.15) is 27.2 Å². The highest BCUT2D eigenvalue weighted by Gasteiger charge is 2.26. The monoisotopic (exact) mass is 453 g/mol. The minimum absolute atomic E-state index is 0.194. The van der Waals surface area contributed by atoms with Gasteiger partial charge in [-0.1, -0.05) is 35.9 Å². The Hall–Kier alpha value is -3.16. The van der Waals surface area contributed by atoms with E-state index in [0.717, 1.165) is 11.1 Å². The quantitative estimate of drug-likeness (QED) is 0.533. The van der Waals surface area contributed by atoms with Crippen molar-refractivity contribution < 1.29 is 14.3 Å². The van der Waals surface area contributed by atoms with Crippen LogP contribution in [0.15, 0.2) is 59.7 Å². The Labute approximate surface area is 191 Å². The highest BCUT2D eigenvalue weighted by atomic mass is 35.5. The summed E-state index contributed by atoms with van der Waals surface area (Å²) in [5.41, 5.74) is 2.60. The van der Waals surface area contributed by atoms with Crippen LogP contribution in [0.5, 0.6) is 5.75 Å². The van der Waals surface area contributed by atoms with E-state index < -0.39 is 5.97 Å². The fourth-order valence-electron chi connectivity index (χ4n) is 3.90. The average Bonchev–Trinajstić information content (AvgIpc) is 3.02. The van der Waals surface area contributed by atoms with E-state index in [0.29, 0.717) is 48.9 Å². The molecule has 0 unspecified atom stereocenters. The van der Waals surface area contributed by atoms with Gasteiger partial charge in [0.05, 0.1) is 7.11 Å². The molecule has 7 nitrogen and oxygen atoms in total. The molecule has 0 radical (unpaired) electrons. The number of esters is 1. The van der Waals surface area contributed by atoms with Gasteiger partial charge >= 0.3 is 5.97 Å². The van der Waals surface area contributed by atoms with Crippen molar-refractivity contribution in [2.45, 2.75) is 26.1 Å². The van der Waals surface area contributed by atoms with E-state index in [9.17, 15) is 9.59 Å². The van der Waals surface area contributed by atoms with E-state index in [4.69, 9.17) is 21.1 Å². The number of nitrogens with zero attached hydrogens (tertiary/aromatic N) is 3. The number of pyridine rings is 2. The maximum atomic E-state index is 12.9.